The molecule has 0 saturated carbocycles. The monoisotopic (exact) mass is 242 g/mol. The number of furan rings is 1. The first kappa shape index (κ1) is 9.03. The Hall–Kier alpha value is -0.540. The number of allylic oxidation sites excluding steroid dienone is 1. The Labute approximate surface area is 85.4 Å². The lowest BCUT2D eigenvalue weighted by Gasteiger charge is -2.07. The molecule has 13 heavy (non-hydrogen) atoms. The molecule has 1 aliphatic rings. The Morgan fingerprint density at radius 2 is 2.31 bits per heavy atom. The number of rotatable bonds is 2. The highest BCUT2D eigenvalue weighted by Crippen LogP contribution is 2.32. The van der Waals surface area contributed by atoms with E-state index in [1.165, 1.54) is 0 Å². The van der Waals surface area contributed by atoms with E-state index in [-0.39, 0.29) is 0 Å². The molecule has 1 N–H and O–H groups in total. The summed E-state index contributed by atoms with van der Waals surface area (Å²) in [6.07, 6.45) is 4.76. The number of halogens is 1. The van der Waals surface area contributed by atoms with E-state index in [1.54, 1.807) is 12.1 Å². The maximum Gasteiger partial charge on any atom is 0.169 e. The molecule has 0 saturated heterocycles. The number of hydrogen-bond donors (Lipinski definition) is 1. The minimum absolute atomic E-state index is 0.547. The third-order valence-electron chi connectivity index (χ3n) is 2.29. The second-order valence-corrected chi connectivity index (χ2v) is 4.00. The number of hydrogen-bond acceptors (Lipinski definition) is 2. The maximum absolute atomic E-state index is 9.85. The molecule has 3 heteroatoms. The highest BCUT2D eigenvalue weighted by atomic mass is 79.9. The van der Waals surface area contributed by atoms with Crippen molar-refractivity contribution < 1.29 is 9.52 Å². The molecule has 1 atom stereocenters. The average Bonchev–Trinajstić information content (AvgIpc) is 2.72. The van der Waals surface area contributed by atoms with Crippen molar-refractivity contribution in [3.8, 4) is 0 Å². The smallest absolute Gasteiger partial charge is 0.169 e. The van der Waals surface area contributed by atoms with Gasteiger partial charge in [0.25, 0.3) is 0 Å². The molecular formula is C10H11BrO2. The number of aliphatic hydroxyl groups excluding tert-OH is 1. The Kier molecular flexibility index (Phi) is 2.56. The molecule has 0 spiro atoms. The Morgan fingerprint density at radius 3 is 2.85 bits per heavy atom. The standard InChI is InChI=1S/C10H11BrO2/c11-9-6-5-8(13-9)10(12)7-3-1-2-4-7/h3,5-6,10,12H,1-2,4H2. The van der Waals surface area contributed by atoms with Crippen LogP contribution in [0.5, 0.6) is 0 Å². The zero-order valence-electron chi connectivity index (χ0n) is 7.16. The zero-order valence-corrected chi connectivity index (χ0v) is 8.75. The summed E-state index contributed by atoms with van der Waals surface area (Å²) in [5.41, 5.74) is 1.09. The van der Waals surface area contributed by atoms with Gasteiger partial charge in [-0.15, -0.1) is 0 Å². The Morgan fingerprint density at radius 1 is 1.46 bits per heavy atom. The predicted molar refractivity (Wildman–Crippen MR) is 53.3 cm³/mol. The minimum Gasteiger partial charge on any atom is -0.451 e. The summed E-state index contributed by atoms with van der Waals surface area (Å²) in [5, 5.41) is 9.85. The quantitative estimate of drug-likeness (QED) is 0.809. The highest BCUT2D eigenvalue weighted by Gasteiger charge is 2.18. The molecule has 1 aliphatic carbocycles. The fraction of sp³-hybridized carbons (Fsp3) is 0.400. The van der Waals surface area contributed by atoms with Crippen LogP contribution in [0.4, 0.5) is 0 Å². The van der Waals surface area contributed by atoms with Gasteiger partial charge >= 0.3 is 0 Å². The Balaban J connectivity index is 2.16. The Bertz CT molecular complexity index is 327. The van der Waals surface area contributed by atoms with E-state index in [0.717, 1.165) is 24.8 Å². The van der Waals surface area contributed by atoms with Crippen LogP contribution in [0.3, 0.4) is 0 Å². The van der Waals surface area contributed by atoms with Gasteiger partial charge in [0.05, 0.1) is 0 Å². The number of aliphatic hydroxyl groups is 1. The lowest BCUT2D eigenvalue weighted by atomic mass is 10.1. The van der Waals surface area contributed by atoms with Gasteiger partial charge in [-0.2, -0.15) is 0 Å². The molecule has 1 aromatic heterocycles. The van der Waals surface area contributed by atoms with Crippen molar-refractivity contribution in [2.45, 2.75) is 25.4 Å². The van der Waals surface area contributed by atoms with Gasteiger partial charge in [0.15, 0.2) is 4.67 Å². The van der Waals surface area contributed by atoms with Gasteiger partial charge in [-0.25, -0.2) is 0 Å². The average molecular weight is 243 g/mol. The van der Waals surface area contributed by atoms with Gasteiger partial charge < -0.3 is 9.52 Å². The fourth-order valence-electron chi connectivity index (χ4n) is 1.60. The van der Waals surface area contributed by atoms with Gasteiger partial charge in [-0.3, -0.25) is 0 Å². The second kappa shape index (κ2) is 3.68. The van der Waals surface area contributed by atoms with Crippen LogP contribution in [0.1, 0.15) is 31.1 Å². The van der Waals surface area contributed by atoms with E-state index in [9.17, 15) is 5.11 Å². The molecule has 0 bridgehead atoms. The molecule has 70 valence electrons. The van der Waals surface area contributed by atoms with Crippen LogP contribution >= 0.6 is 15.9 Å². The van der Waals surface area contributed by atoms with Gasteiger partial charge in [-0.1, -0.05) is 6.08 Å². The molecule has 0 amide bonds. The molecule has 0 aliphatic heterocycles. The third-order valence-corrected chi connectivity index (χ3v) is 2.72. The van der Waals surface area contributed by atoms with Gasteiger partial charge in [0, 0.05) is 0 Å². The molecule has 2 nitrogen and oxygen atoms in total. The summed E-state index contributed by atoms with van der Waals surface area (Å²) in [6, 6.07) is 3.60. The van der Waals surface area contributed by atoms with Crippen molar-refractivity contribution in [2.75, 3.05) is 0 Å². The van der Waals surface area contributed by atoms with E-state index in [4.69, 9.17) is 4.42 Å². The topological polar surface area (TPSA) is 33.4 Å². The van der Waals surface area contributed by atoms with E-state index in [1.807, 2.05) is 0 Å². The molecule has 1 heterocycles. The van der Waals surface area contributed by atoms with E-state index < -0.39 is 6.10 Å². The summed E-state index contributed by atoms with van der Waals surface area (Å²) < 4.78 is 5.95. The first-order valence-corrected chi connectivity index (χ1v) is 5.19. The summed E-state index contributed by atoms with van der Waals surface area (Å²) >= 11 is 3.21. The summed E-state index contributed by atoms with van der Waals surface area (Å²) in [7, 11) is 0. The molecule has 0 radical (unpaired) electrons. The van der Waals surface area contributed by atoms with E-state index in [0.29, 0.717) is 10.4 Å². The molecule has 1 aromatic rings. The van der Waals surface area contributed by atoms with Crippen molar-refractivity contribution in [2.24, 2.45) is 0 Å². The van der Waals surface area contributed by atoms with Crippen LogP contribution in [0.25, 0.3) is 0 Å². The zero-order chi connectivity index (χ0) is 9.26. The lowest BCUT2D eigenvalue weighted by Crippen LogP contribution is -1.97. The summed E-state index contributed by atoms with van der Waals surface area (Å²) in [6.45, 7) is 0. The third kappa shape index (κ3) is 1.86. The minimum atomic E-state index is -0.547. The molecule has 0 aromatic carbocycles. The molecule has 0 fully saturated rings. The largest absolute Gasteiger partial charge is 0.451 e. The van der Waals surface area contributed by atoms with Crippen molar-refractivity contribution in [3.63, 3.8) is 0 Å². The fourth-order valence-corrected chi connectivity index (χ4v) is 1.92. The van der Waals surface area contributed by atoms with Crippen LogP contribution in [0.15, 0.2) is 32.9 Å². The molecule has 1 unspecified atom stereocenters. The first-order valence-electron chi connectivity index (χ1n) is 4.39. The van der Waals surface area contributed by atoms with Crippen LogP contribution in [0, 0.1) is 0 Å². The van der Waals surface area contributed by atoms with Crippen LogP contribution in [0.2, 0.25) is 0 Å². The molecule has 2 rings (SSSR count). The SMILES string of the molecule is OC(C1=CCCC1)c1ccc(Br)o1. The van der Waals surface area contributed by atoms with Crippen molar-refractivity contribution in [1.82, 2.24) is 0 Å². The van der Waals surface area contributed by atoms with E-state index in [2.05, 4.69) is 22.0 Å². The molecular weight excluding hydrogens is 232 g/mol. The second-order valence-electron chi connectivity index (χ2n) is 3.22. The highest BCUT2D eigenvalue weighted by molar-refractivity contribution is 9.10. The van der Waals surface area contributed by atoms with Gasteiger partial charge in [0.2, 0.25) is 0 Å². The van der Waals surface area contributed by atoms with Crippen LogP contribution in [-0.4, -0.2) is 5.11 Å². The predicted octanol–water partition coefficient (Wildman–Crippen LogP) is 3.19. The maximum atomic E-state index is 9.85. The van der Waals surface area contributed by atoms with E-state index >= 15 is 0 Å². The van der Waals surface area contributed by atoms with Crippen molar-refractivity contribution in [1.29, 1.82) is 0 Å². The van der Waals surface area contributed by atoms with Crippen LogP contribution < -0.4 is 0 Å². The lowest BCUT2D eigenvalue weighted by molar-refractivity contribution is 0.181. The van der Waals surface area contributed by atoms with Gasteiger partial charge in [0.1, 0.15) is 11.9 Å². The van der Waals surface area contributed by atoms with Crippen molar-refractivity contribution >= 4 is 15.9 Å². The first-order chi connectivity index (χ1) is 6.27. The summed E-state index contributed by atoms with van der Waals surface area (Å²) in [4.78, 5) is 0. The van der Waals surface area contributed by atoms with Crippen LogP contribution in [-0.2, 0) is 0 Å². The normalized spacial score (nSPS) is 18.8. The van der Waals surface area contributed by atoms with Gasteiger partial charge in [-0.05, 0) is 52.9 Å². The van der Waals surface area contributed by atoms with Crippen molar-refractivity contribution in [3.05, 3.63) is 34.2 Å². The summed E-state index contributed by atoms with van der Waals surface area (Å²) in [5.74, 6) is 0.625.